The van der Waals surface area contributed by atoms with Crippen LogP contribution in [0.5, 0.6) is 5.75 Å². The van der Waals surface area contributed by atoms with Crippen LogP contribution in [-0.4, -0.2) is 62.2 Å². The van der Waals surface area contributed by atoms with Gasteiger partial charge in [0.15, 0.2) is 0 Å². The molecule has 1 aromatic rings. The average Bonchev–Trinajstić information content (AvgIpc) is 2.93. The highest BCUT2D eigenvalue weighted by atomic mass is 16.5. The van der Waals surface area contributed by atoms with Gasteiger partial charge in [0.2, 0.25) is 5.91 Å². The molecule has 2 heterocycles. The molecule has 0 saturated carbocycles. The van der Waals surface area contributed by atoms with E-state index < -0.39 is 0 Å². The third-order valence-corrected chi connectivity index (χ3v) is 6.22. The van der Waals surface area contributed by atoms with E-state index in [1.54, 1.807) is 7.11 Å². The molecule has 1 aromatic carbocycles. The number of ether oxygens (including phenoxy) is 2. The molecule has 1 saturated heterocycles. The summed E-state index contributed by atoms with van der Waals surface area (Å²) in [5, 5.41) is 0. The maximum absolute atomic E-state index is 13.1. The van der Waals surface area contributed by atoms with Gasteiger partial charge in [-0.1, -0.05) is 44.2 Å². The Balaban J connectivity index is 1.55. The fraction of sp³-hybridized carbons (Fsp3) is 0.640. The third-order valence-electron chi connectivity index (χ3n) is 6.22. The topological polar surface area (TPSA) is 42.0 Å². The van der Waals surface area contributed by atoms with E-state index in [2.05, 4.69) is 49.1 Å². The molecule has 0 spiro atoms. The van der Waals surface area contributed by atoms with Gasteiger partial charge in [-0.15, -0.1) is 0 Å². The summed E-state index contributed by atoms with van der Waals surface area (Å²) in [6, 6.07) is 8.39. The van der Waals surface area contributed by atoms with Gasteiger partial charge in [-0.25, -0.2) is 0 Å². The lowest BCUT2D eigenvalue weighted by molar-refractivity contribution is -0.137. The Hall–Kier alpha value is -1.85. The van der Waals surface area contributed by atoms with Gasteiger partial charge in [0.25, 0.3) is 0 Å². The number of hydrogen-bond acceptors (Lipinski definition) is 4. The molecule has 30 heavy (non-hydrogen) atoms. The molecule has 0 aliphatic carbocycles. The molecule has 0 aromatic heterocycles. The van der Waals surface area contributed by atoms with E-state index in [-0.39, 0.29) is 5.92 Å². The number of carbonyl (C=O) groups is 1. The first-order valence-corrected chi connectivity index (χ1v) is 11.4. The predicted octanol–water partition coefficient (Wildman–Crippen LogP) is 3.98. The lowest BCUT2D eigenvalue weighted by atomic mass is 9.81. The Morgan fingerprint density at radius 3 is 2.63 bits per heavy atom. The van der Waals surface area contributed by atoms with Crippen molar-refractivity contribution in [3.8, 4) is 5.75 Å². The maximum Gasteiger partial charge on any atom is 0.226 e. The Morgan fingerprint density at radius 2 is 1.90 bits per heavy atom. The number of hydrogen-bond donors (Lipinski definition) is 0. The third kappa shape index (κ3) is 6.32. The minimum absolute atomic E-state index is 0.115. The number of amides is 1. The average molecular weight is 415 g/mol. The van der Waals surface area contributed by atoms with Crippen molar-refractivity contribution in [2.75, 3.05) is 46.5 Å². The Labute approximate surface area is 182 Å². The summed E-state index contributed by atoms with van der Waals surface area (Å²) in [5.74, 6) is 2.41. The first-order chi connectivity index (χ1) is 14.6. The lowest BCUT2D eigenvalue weighted by Crippen LogP contribution is -2.43. The minimum Gasteiger partial charge on any atom is -0.493 e. The zero-order chi connectivity index (χ0) is 21.3. The summed E-state index contributed by atoms with van der Waals surface area (Å²) >= 11 is 0. The molecular formula is C25H38N2O3. The predicted molar refractivity (Wildman–Crippen MR) is 120 cm³/mol. The summed E-state index contributed by atoms with van der Waals surface area (Å²) in [6.07, 6.45) is 7.37. The van der Waals surface area contributed by atoms with Gasteiger partial charge in [0, 0.05) is 38.2 Å². The number of benzene rings is 1. The monoisotopic (exact) mass is 414 g/mol. The Kier molecular flexibility index (Phi) is 8.76. The van der Waals surface area contributed by atoms with E-state index in [0.717, 1.165) is 51.3 Å². The highest BCUT2D eigenvalue weighted by molar-refractivity contribution is 5.80. The fourth-order valence-corrected chi connectivity index (χ4v) is 4.45. The van der Waals surface area contributed by atoms with Gasteiger partial charge in [-0.05, 0) is 50.3 Å². The highest BCUT2D eigenvalue weighted by Crippen LogP contribution is 2.32. The second-order valence-electron chi connectivity index (χ2n) is 9.02. The van der Waals surface area contributed by atoms with Gasteiger partial charge in [0.1, 0.15) is 5.75 Å². The van der Waals surface area contributed by atoms with Crippen molar-refractivity contribution in [2.24, 2.45) is 17.8 Å². The van der Waals surface area contributed by atoms with Crippen LogP contribution in [-0.2, 0) is 16.1 Å². The van der Waals surface area contributed by atoms with Crippen LogP contribution in [0.4, 0.5) is 0 Å². The largest absolute Gasteiger partial charge is 0.493 e. The molecule has 166 valence electrons. The van der Waals surface area contributed by atoms with E-state index in [1.807, 2.05) is 11.0 Å². The van der Waals surface area contributed by atoms with Crippen molar-refractivity contribution in [3.05, 3.63) is 42.0 Å². The van der Waals surface area contributed by atoms with Crippen molar-refractivity contribution < 1.29 is 14.3 Å². The van der Waals surface area contributed by atoms with E-state index in [1.165, 1.54) is 5.56 Å². The zero-order valence-electron chi connectivity index (χ0n) is 18.9. The van der Waals surface area contributed by atoms with Crippen molar-refractivity contribution >= 4 is 5.91 Å². The van der Waals surface area contributed by atoms with E-state index >= 15 is 0 Å². The van der Waals surface area contributed by atoms with Crippen LogP contribution in [0.3, 0.4) is 0 Å². The van der Waals surface area contributed by atoms with Gasteiger partial charge in [0.05, 0.1) is 13.2 Å². The number of methoxy groups -OCH3 is 1. The zero-order valence-corrected chi connectivity index (χ0v) is 18.9. The standard InChI is InChI=1S/C25H38N2O3/c1-20(2)19-30-24-10-5-4-8-22(24)18-26-14-11-21(12-15-26)23-9-6-7-13-27(25(23)28)16-17-29-3/h4-8,10,20-21,23H,9,11-19H2,1-3H3/t23-/m1/s1. The van der Waals surface area contributed by atoms with Crippen molar-refractivity contribution in [1.82, 2.24) is 9.80 Å². The second-order valence-corrected chi connectivity index (χ2v) is 9.02. The molecule has 2 aliphatic heterocycles. The summed E-state index contributed by atoms with van der Waals surface area (Å²) in [5.41, 5.74) is 1.26. The number of para-hydroxylation sites is 1. The van der Waals surface area contributed by atoms with E-state index in [0.29, 0.717) is 37.4 Å². The fourth-order valence-electron chi connectivity index (χ4n) is 4.45. The van der Waals surface area contributed by atoms with Gasteiger partial charge >= 0.3 is 0 Å². The first kappa shape index (κ1) is 22.8. The molecule has 0 unspecified atom stereocenters. The van der Waals surface area contributed by atoms with Crippen LogP contribution in [0.2, 0.25) is 0 Å². The van der Waals surface area contributed by atoms with Crippen LogP contribution in [0.15, 0.2) is 36.4 Å². The second kappa shape index (κ2) is 11.5. The van der Waals surface area contributed by atoms with Crippen LogP contribution >= 0.6 is 0 Å². The summed E-state index contributed by atoms with van der Waals surface area (Å²) in [4.78, 5) is 17.6. The molecule has 0 N–H and O–H groups in total. The van der Waals surface area contributed by atoms with E-state index in [4.69, 9.17) is 9.47 Å². The number of likely N-dealkylation sites (tertiary alicyclic amines) is 1. The van der Waals surface area contributed by atoms with Crippen LogP contribution < -0.4 is 4.74 Å². The van der Waals surface area contributed by atoms with Crippen LogP contribution in [0.1, 0.15) is 38.7 Å². The first-order valence-electron chi connectivity index (χ1n) is 11.4. The molecule has 2 aliphatic rings. The van der Waals surface area contributed by atoms with Gasteiger partial charge in [-0.3, -0.25) is 9.69 Å². The molecule has 3 rings (SSSR count). The molecule has 1 amide bonds. The molecule has 0 bridgehead atoms. The number of rotatable bonds is 9. The number of carbonyl (C=O) groups excluding carboxylic acids is 1. The lowest BCUT2D eigenvalue weighted by Gasteiger charge is -2.36. The molecule has 1 fully saturated rings. The normalized spacial score (nSPS) is 21.3. The number of nitrogens with zero attached hydrogens (tertiary/aromatic N) is 2. The van der Waals surface area contributed by atoms with Crippen LogP contribution in [0, 0.1) is 17.8 Å². The van der Waals surface area contributed by atoms with Crippen molar-refractivity contribution in [3.63, 3.8) is 0 Å². The van der Waals surface area contributed by atoms with Crippen molar-refractivity contribution in [2.45, 2.75) is 39.7 Å². The number of piperidine rings is 1. The van der Waals surface area contributed by atoms with E-state index in [9.17, 15) is 4.79 Å². The quantitative estimate of drug-likeness (QED) is 0.573. The highest BCUT2D eigenvalue weighted by Gasteiger charge is 2.34. The molecule has 0 radical (unpaired) electrons. The summed E-state index contributed by atoms with van der Waals surface area (Å²) in [7, 11) is 1.69. The molecule has 5 nitrogen and oxygen atoms in total. The minimum atomic E-state index is 0.115. The summed E-state index contributed by atoms with van der Waals surface area (Å²) < 4.78 is 11.2. The van der Waals surface area contributed by atoms with Crippen molar-refractivity contribution in [1.29, 1.82) is 0 Å². The van der Waals surface area contributed by atoms with Gasteiger partial charge < -0.3 is 14.4 Å². The Bertz CT molecular complexity index is 695. The Morgan fingerprint density at radius 1 is 1.13 bits per heavy atom. The molecule has 1 atom stereocenters. The molecular weight excluding hydrogens is 376 g/mol. The summed E-state index contributed by atoms with van der Waals surface area (Å²) in [6.45, 7) is 10.1. The maximum atomic E-state index is 13.1. The molecule has 5 heteroatoms. The SMILES string of the molecule is COCCN1CC=CC[C@H](C2CCN(Cc3ccccc3OCC(C)C)CC2)C1=O. The van der Waals surface area contributed by atoms with Gasteiger partial charge in [-0.2, -0.15) is 0 Å². The number of allylic oxidation sites excluding steroid dienone is 1. The van der Waals surface area contributed by atoms with Crippen LogP contribution in [0.25, 0.3) is 0 Å². The smallest absolute Gasteiger partial charge is 0.226 e.